The summed E-state index contributed by atoms with van der Waals surface area (Å²) < 4.78 is 17.1. The van der Waals surface area contributed by atoms with Crippen molar-refractivity contribution < 1.29 is 14.2 Å². The Hall–Kier alpha value is -0.120. The Morgan fingerprint density at radius 1 is 1.36 bits per heavy atom. The largest absolute Gasteiger partial charge is 0.361 e. The zero-order chi connectivity index (χ0) is 10.2. The second kappa shape index (κ2) is 3.80. The van der Waals surface area contributed by atoms with E-state index >= 15 is 0 Å². The monoisotopic (exact) mass is 200 g/mol. The van der Waals surface area contributed by atoms with Crippen LogP contribution in [-0.4, -0.2) is 30.7 Å². The molecule has 2 rings (SSSR count). The minimum atomic E-state index is -0.126. The highest BCUT2D eigenvalue weighted by atomic mass is 16.8. The molecule has 14 heavy (non-hydrogen) atoms. The summed E-state index contributed by atoms with van der Waals surface area (Å²) in [5, 5.41) is 0. The van der Waals surface area contributed by atoms with E-state index in [-0.39, 0.29) is 18.0 Å². The summed E-state index contributed by atoms with van der Waals surface area (Å²) in [6.07, 6.45) is 3.71. The molecule has 2 fully saturated rings. The van der Waals surface area contributed by atoms with Crippen molar-refractivity contribution in [3.8, 4) is 0 Å². The van der Waals surface area contributed by atoms with Gasteiger partial charge in [-0.2, -0.15) is 0 Å². The van der Waals surface area contributed by atoms with Crippen LogP contribution in [0.1, 0.15) is 40.0 Å². The first-order chi connectivity index (χ1) is 6.73. The Labute approximate surface area is 85.7 Å². The summed E-state index contributed by atoms with van der Waals surface area (Å²) in [6, 6.07) is 0. The molecule has 2 saturated heterocycles. The van der Waals surface area contributed by atoms with Crippen molar-refractivity contribution in [1.29, 1.82) is 0 Å². The summed E-state index contributed by atoms with van der Waals surface area (Å²) in [5.41, 5.74) is -0.124. The number of ether oxygens (including phenoxy) is 3. The first-order valence-electron chi connectivity index (χ1n) is 5.67. The fourth-order valence-corrected chi connectivity index (χ4v) is 2.25. The predicted octanol–water partition coefficient (Wildman–Crippen LogP) is 2.10. The van der Waals surface area contributed by atoms with E-state index in [9.17, 15) is 0 Å². The molecule has 3 nitrogen and oxygen atoms in total. The molecule has 0 aliphatic carbocycles. The topological polar surface area (TPSA) is 31.0 Å². The summed E-state index contributed by atoms with van der Waals surface area (Å²) >= 11 is 0. The van der Waals surface area contributed by atoms with Gasteiger partial charge in [-0.1, -0.05) is 20.3 Å². The zero-order valence-corrected chi connectivity index (χ0v) is 9.29. The van der Waals surface area contributed by atoms with E-state index in [0.29, 0.717) is 12.7 Å². The van der Waals surface area contributed by atoms with Gasteiger partial charge in [0.05, 0.1) is 18.8 Å². The lowest BCUT2D eigenvalue weighted by atomic mass is 9.98. The maximum absolute atomic E-state index is 5.78. The number of epoxide rings is 1. The molecular formula is C11H20O3. The van der Waals surface area contributed by atoms with Gasteiger partial charge in [0.1, 0.15) is 5.60 Å². The molecule has 0 aromatic carbocycles. The van der Waals surface area contributed by atoms with Crippen molar-refractivity contribution in [2.75, 3.05) is 6.61 Å². The molecule has 0 spiro atoms. The number of hydrogen-bond donors (Lipinski definition) is 0. The van der Waals surface area contributed by atoms with Crippen molar-refractivity contribution in [2.24, 2.45) is 0 Å². The molecule has 0 saturated carbocycles. The van der Waals surface area contributed by atoms with Crippen LogP contribution in [0.15, 0.2) is 0 Å². The second-order valence-electron chi connectivity index (χ2n) is 4.32. The van der Waals surface area contributed by atoms with E-state index in [1.54, 1.807) is 0 Å². The average Bonchev–Trinajstić information content (AvgIpc) is 2.72. The van der Waals surface area contributed by atoms with E-state index in [1.807, 2.05) is 6.92 Å². The lowest BCUT2D eigenvalue weighted by molar-refractivity contribution is -0.106. The highest BCUT2D eigenvalue weighted by Gasteiger charge is 2.62. The highest BCUT2D eigenvalue weighted by Crippen LogP contribution is 2.48. The lowest BCUT2D eigenvalue weighted by Gasteiger charge is -2.17. The zero-order valence-electron chi connectivity index (χ0n) is 9.29. The van der Waals surface area contributed by atoms with Crippen molar-refractivity contribution in [2.45, 2.75) is 64.1 Å². The maximum Gasteiger partial charge on any atom is 0.189 e. The first-order valence-corrected chi connectivity index (χ1v) is 5.67. The van der Waals surface area contributed by atoms with Crippen molar-refractivity contribution in [3.05, 3.63) is 0 Å². The van der Waals surface area contributed by atoms with Crippen LogP contribution >= 0.6 is 0 Å². The van der Waals surface area contributed by atoms with Gasteiger partial charge in [0.2, 0.25) is 0 Å². The van der Waals surface area contributed by atoms with Gasteiger partial charge >= 0.3 is 0 Å². The van der Waals surface area contributed by atoms with Gasteiger partial charge in [0, 0.05) is 0 Å². The Morgan fingerprint density at radius 3 is 2.64 bits per heavy atom. The molecule has 2 aliphatic heterocycles. The average molecular weight is 200 g/mol. The Kier molecular flexibility index (Phi) is 2.82. The third kappa shape index (κ3) is 1.58. The van der Waals surface area contributed by atoms with Gasteiger partial charge in [-0.05, 0) is 19.8 Å². The molecule has 0 bridgehead atoms. The third-order valence-corrected chi connectivity index (χ3v) is 3.19. The van der Waals surface area contributed by atoms with E-state index in [0.717, 1.165) is 19.3 Å². The van der Waals surface area contributed by atoms with Gasteiger partial charge in [-0.15, -0.1) is 0 Å². The number of rotatable bonds is 4. The Bertz CT molecular complexity index is 207. The molecule has 0 radical (unpaired) electrons. The molecule has 0 N–H and O–H groups in total. The highest BCUT2D eigenvalue weighted by molar-refractivity contribution is 5.05. The van der Waals surface area contributed by atoms with Gasteiger partial charge in [-0.25, -0.2) is 0 Å². The lowest BCUT2D eigenvalue weighted by Crippen LogP contribution is -2.33. The minimum absolute atomic E-state index is 0.124. The maximum atomic E-state index is 5.78. The molecule has 82 valence electrons. The molecule has 2 heterocycles. The molecule has 0 amide bonds. The van der Waals surface area contributed by atoms with E-state index in [4.69, 9.17) is 14.2 Å². The van der Waals surface area contributed by atoms with Gasteiger partial charge in [-0.3, -0.25) is 0 Å². The Balaban J connectivity index is 1.94. The third-order valence-electron chi connectivity index (χ3n) is 3.19. The van der Waals surface area contributed by atoms with E-state index < -0.39 is 0 Å². The van der Waals surface area contributed by atoms with Gasteiger partial charge in [0.25, 0.3) is 0 Å². The van der Waals surface area contributed by atoms with Crippen LogP contribution in [0, 0.1) is 0 Å². The van der Waals surface area contributed by atoms with E-state index in [1.165, 1.54) is 0 Å². The fraction of sp³-hybridized carbons (Fsp3) is 1.00. The molecule has 0 aromatic rings. The molecular weight excluding hydrogens is 180 g/mol. The van der Waals surface area contributed by atoms with Crippen molar-refractivity contribution >= 4 is 0 Å². The first kappa shape index (κ1) is 10.4. The van der Waals surface area contributed by atoms with Gasteiger partial charge < -0.3 is 14.2 Å². The van der Waals surface area contributed by atoms with Crippen molar-refractivity contribution in [3.63, 3.8) is 0 Å². The van der Waals surface area contributed by atoms with Crippen LogP contribution in [0.3, 0.4) is 0 Å². The standard InChI is InChI=1S/C11H20O3/c1-4-6-9-11(5-2,14-9)10-12-7-8(3)13-10/h8-10H,4-7H2,1-3H3. The van der Waals surface area contributed by atoms with Crippen LogP contribution in [0.2, 0.25) is 0 Å². The number of hydrogen-bond acceptors (Lipinski definition) is 3. The van der Waals surface area contributed by atoms with Crippen LogP contribution < -0.4 is 0 Å². The Morgan fingerprint density at radius 2 is 2.14 bits per heavy atom. The predicted molar refractivity (Wildman–Crippen MR) is 53.1 cm³/mol. The molecule has 4 unspecified atom stereocenters. The van der Waals surface area contributed by atoms with Crippen LogP contribution in [0.4, 0.5) is 0 Å². The van der Waals surface area contributed by atoms with Crippen LogP contribution in [-0.2, 0) is 14.2 Å². The summed E-state index contributed by atoms with van der Waals surface area (Å²) in [7, 11) is 0. The van der Waals surface area contributed by atoms with Crippen LogP contribution in [0.25, 0.3) is 0 Å². The smallest absolute Gasteiger partial charge is 0.189 e. The SMILES string of the molecule is CCCC1OC1(CC)C1OCC(C)O1. The summed E-state index contributed by atoms with van der Waals surface area (Å²) in [4.78, 5) is 0. The molecule has 4 atom stereocenters. The van der Waals surface area contributed by atoms with E-state index in [2.05, 4.69) is 13.8 Å². The molecule has 0 aromatic heterocycles. The minimum Gasteiger partial charge on any atom is -0.361 e. The summed E-state index contributed by atoms with van der Waals surface area (Å²) in [5.74, 6) is 0. The summed E-state index contributed by atoms with van der Waals surface area (Å²) in [6.45, 7) is 7.07. The second-order valence-corrected chi connectivity index (χ2v) is 4.32. The fourth-order valence-electron chi connectivity index (χ4n) is 2.25. The van der Waals surface area contributed by atoms with Crippen molar-refractivity contribution in [1.82, 2.24) is 0 Å². The quantitative estimate of drug-likeness (QED) is 0.651. The van der Waals surface area contributed by atoms with Crippen LogP contribution in [0.5, 0.6) is 0 Å². The van der Waals surface area contributed by atoms with Gasteiger partial charge in [0.15, 0.2) is 6.29 Å². The molecule has 2 aliphatic rings. The normalized spacial score (nSPS) is 46.9. The molecule has 3 heteroatoms.